The van der Waals surface area contributed by atoms with Gasteiger partial charge in [0.15, 0.2) is 0 Å². The molecule has 2 heterocycles. The lowest BCUT2D eigenvalue weighted by Crippen LogP contribution is -2.58. The molecule has 0 bridgehead atoms. The standard InChI is InChI=1S/C30H42N4O2S/c31-18-23-8-4-9-24(16-23)19-32-29(35)28-17-26(13-14-34(28)30(36)25-11-12-25)33(21-27-10-5-15-37-27)20-22-6-2-1-3-7-22/h1-3,5-7,10,15,23-26,28H,4,8-9,11-14,16-21,31H2,(H,32,35)/t23?,24?,26?,28-/m1/s1. The predicted octanol–water partition coefficient (Wildman–Crippen LogP) is 4.40. The van der Waals surface area contributed by atoms with Crippen molar-refractivity contribution in [3.63, 3.8) is 0 Å². The van der Waals surface area contributed by atoms with Crippen LogP contribution < -0.4 is 11.1 Å². The van der Waals surface area contributed by atoms with Gasteiger partial charge >= 0.3 is 0 Å². The molecular weight excluding hydrogens is 480 g/mol. The highest BCUT2D eigenvalue weighted by Crippen LogP contribution is 2.35. The van der Waals surface area contributed by atoms with Crippen molar-refractivity contribution < 1.29 is 9.59 Å². The first-order valence-corrected chi connectivity index (χ1v) is 15.1. The number of nitrogens with one attached hydrogen (secondary N) is 1. The van der Waals surface area contributed by atoms with E-state index in [1.165, 1.54) is 23.3 Å². The van der Waals surface area contributed by atoms with Crippen molar-refractivity contribution >= 4 is 23.2 Å². The van der Waals surface area contributed by atoms with Crippen LogP contribution in [0.4, 0.5) is 0 Å². The Hall–Kier alpha value is -2.22. The molecule has 5 rings (SSSR count). The summed E-state index contributed by atoms with van der Waals surface area (Å²) in [4.78, 5) is 32.6. The zero-order valence-electron chi connectivity index (χ0n) is 21.9. The van der Waals surface area contributed by atoms with Crippen molar-refractivity contribution in [1.82, 2.24) is 15.1 Å². The summed E-state index contributed by atoms with van der Waals surface area (Å²) in [6, 6.07) is 14.7. The van der Waals surface area contributed by atoms with E-state index in [4.69, 9.17) is 5.73 Å². The van der Waals surface area contributed by atoms with Gasteiger partial charge < -0.3 is 16.0 Å². The maximum atomic E-state index is 13.6. The molecule has 3 N–H and O–H groups in total. The van der Waals surface area contributed by atoms with E-state index in [1.807, 2.05) is 4.90 Å². The van der Waals surface area contributed by atoms with Crippen molar-refractivity contribution in [2.75, 3.05) is 19.6 Å². The van der Waals surface area contributed by atoms with Gasteiger partial charge in [0.1, 0.15) is 6.04 Å². The number of rotatable bonds is 10. The van der Waals surface area contributed by atoms with Crippen molar-refractivity contribution in [2.45, 2.75) is 76.5 Å². The molecule has 0 radical (unpaired) electrons. The number of hydrogen-bond acceptors (Lipinski definition) is 5. The molecule has 37 heavy (non-hydrogen) atoms. The number of likely N-dealkylation sites (tertiary alicyclic amines) is 1. The summed E-state index contributed by atoms with van der Waals surface area (Å²) in [6.45, 7) is 3.80. The lowest BCUT2D eigenvalue weighted by Gasteiger charge is -2.43. The van der Waals surface area contributed by atoms with Gasteiger partial charge in [-0.1, -0.05) is 42.8 Å². The highest BCUT2D eigenvalue weighted by molar-refractivity contribution is 7.09. The Morgan fingerprint density at radius 1 is 0.973 bits per heavy atom. The van der Waals surface area contributed by atoms with E-state index in [1.54, 1.807) is 11.3 Å². The summed E-state index contributed by atoms with van der Waals surface area (Å²) >= 11 is 1.78. The normalized spacial score (nSPS) is 26.3. The van der Waals surface area contributed by atoms with E-state index in [0.29, 0.717) is 31.3 Å². The molecule has 7 heteroatoms. The molecular formula is C30H42N4O2S. The van der Waals surface area contributed by atoms with E-state index < -0.39 is 0 Å². The van der Waals surface area contributed by atoms with E-state index in [-0.39, 0.29) is 29.8 Å². The molecule has 4 atom stereocenters. The molecule has 1 aromatic carbocycles. The number of carbonyl (C=O) groups excluding carboxylic acids is 2. The van der Waals surface area contributed by atoms with E-state index in [0.717, 1.165) is 51.7 Å². The molecule has 3 aliphatic rings. The van der Waals surface area contributed by atoms with Gasteiger partial charge in [-0.05, 0) is 80.3 Å². The van der Waals surface area contributed by atoms with Crippen LogP contribution in [0.3, 0.4) is 0 Å². The maximum absolute atomic E-state index is 13.6. The summed E-state index contributed by atoms with van der Waals surface area (Å²) < 4.78 is 0. The minimum absolute atomic E-state index is 0.0318. The first-order chi connectivity index (χ1) is 18.1. The van der Waals surface area contributed by atoms with Crippen LogP contribution in [0.15, 0.2) is 47.8 Å². The number of hydrogen-bond donors (Lipinski definition) is 2. The Labute approximate surface area is 225 Å². The average molecular weight is 523 g/mol. The van der Waals surface area contributed by atoms with Gasteiger partial charge in [0.05, 0.1) is 0 Å². The summed E-state index contributed by atoms with van der Waals surface area (Å²) in [5, 5.41) is 5.40. The van der Waals surface area contributed by atoms with Gasteiger partial charge in [-0.3, -0.25) is 14.5 Å². The largest absolute Gasteiger partial charge is 0.354 e. The van der Waals surface area contributed by atoms with Gasteiger partial charge in [0.2, 0.25) is 11.8 Å². The van der Waals surface area contributed by atoms with Crippen LogP contribution >= 0.6 is 11.3 Å². The molecule has 6 nitrogen and oxygen atoms in total. The Balaban J connectivity index is 1.29. The highest BCUT2D eigenvalue weighted by Gasteiger charge is 2.43. The summed E-state index contributed by atoms with van der Waals surface area (Å²) in [5.41, 5.74) is 7.22. The Bertz CT molecular complexity index is 1010. The SMILES string of the molecule is NCC1CCCC(CNC(=O)[C@H]2CC(N(Cc3ccccc3)Cc3cccs3)CCN2C(=O)C2CC2)C1. The number of benzene rings is 1. The quantitative estimate of drug-likeness (QED) is 0.485. The number of carbonyl (C=O) groups is 2. The van der Waals surface area contributed by atoms with Crippen molar-refractivity contribution in [3.05, 3.63) is 58.3 Å². The lowest BCUT2D eigenvalue weighted by molar-refractivity contribution is -0.145. The number of amides is 2. The van der Waals surface area contributed by atoms with Gasteiger partial charge in [-0.25, -0.2) is 0 Å². The lowest BCUT2D eigenvalue weighted by atomic mass is 9.81. The fraction of sp³-hybridized carbons (Fsp3) is 0.600. The fourth-order valence-electron chi connectivity index (χ4n) is 6.25. The van der Waals surface area contributed by atoms with Crippen LogP contribution in [0.25, 0.3) is 0 Å². The molecule has 1 aliphatic heterocycles. The average Bonchev–Trinajstić information content (AvgIpc) is 3.67. The maximum Gasteiger partial charge on any atom is 0.242 e. The smallest absolute Gasteiger partial charge is 0.242 e. The molecule has 1 aromatic heterocycles. The second-order valence-corrected chi connectivity index (χ2v) is 12.4. The molecule has 200 valence electrons. The van der Waals surface area contributed by atoms with Gasteiger partial charge in [0, 0.05) is 43.0 Å². The molecule has 2 aromatic rings. The van der Waals surface area contributed by atoms with Crippen LogP contribution in [0, 0.1) is 17.8 Å². The summed E-state index contributed by atoms with van der Waals surface area (Å²) in [7, 11) is 0. The van der Waals surface area contributed by atoms with Crippen LogP contribution in [-0.4, -0.2) is 53.3 Å². The fourth-order valence-corrected chi connectivity index (χ4v) is 6.98. The number of thiophene rings is 1. The summed E-state index contributed by atoms with van der Waals surface area (Å²) in [6.07, 6.45) is 8.18. The van der Waals surface area contributed by atoms with Crippen molar-refractivity contribution in [2.24, 2.45) is 23.5 Å². The predicted molar refractivity (Wildman–Crippen MR) is 149 cm³/mol. The molecule has 3 fully saturated rings. The van der Waals surface area contributed by atoms with E-state index >= 15 is 0 Å². The zero-order chi connectivity index (χ0) is 25.6. The van der Waals surface area contributed by atoms with Crippen LogP contribution in [0.1, 0.15) is 61.8 Å². The second kappa shape index (κ2) is 12.5. The third-order valence-corrected chi connectivity index (χ3v) is 9.42. The second-order valence-electron chi connectivity index (χ2n) is 11.3. The van der Waals surface area contributed by atoms with Gasteiger partial charge in [-0.15, -0.1) is 11.3 Å². The van der Waals surface area contributed by atoms with E-state index in [9.17, 15) is 9.59 Å². The third kappa shape index (κ3) is 7.01. The van der Waals surface area contributed by atoms with Crippen LogP contribution in [0.2, 0.25) is 0 Å². The van der Waals surface area contributed by atoms with Crippen molar-refractivity contribution in [1.29, 1.82) is 0 Å². The Morgan fingerprint density at radius 2 is 1.78 bits per heavy atom. The molecule has 1 saturated heterocycles. The molecule has 2 aliphatic carbocycles. The number of nitrogens with zero attached hydrogens (tertiary/aromatic N) is 2. The van der Waals surface area contributed by atoms with E-state index in [2.05, 4.69) is 58.1 Å². The number of nitrogens with two attached hydrogens (primary N) is 1. The topological polar surface area (TPSA) is 78.7 Å². The van der Waals surface area contributed by atoms with Gasteiger partial charge in [-0.2, -0.15) is 0 Å². The minimum Gasteiger partial charge on any atom is -0.354 e. The van der Waals surface area contributed by atoms with Gasteiger partial charge in [0.25, 0.3) is 0 Å². The Kier molecular flexibility index (Phi) is 8.95. The van der Waals surface area contributed by atoms with Crippen molar-refractivity contribution in [3.8, 4) is 0 Å². The zero-order valence-corrected chi connectivity index (χ0v) is 22.7. The number of piperidine rings is 1. The monoisotopic (exact) mass is 522 g/mol. The molecule has 2 saturated carbocycles. The van der Waals surface area contributed by atoms with Crippen LogP contribution in [-0.2, 0) is 22.7 Å². The molecule has 2 amide bonds. The Morgan fingerprint density at radius 3 is 2.51 bits per heavy atom. The van der Waals surface area contributed by atoms with Crippen LogP contribution in [0.5, 0.6) is 0 Å². The first kappa shape index (κ1) is 26.4. The molecule has 0 spiro atoms. The highest BCUT2D eigenvalue weighted by atomic mass is 32.1. The first-order valence-electron chi connectivity index (χ1n) is 14.2. The minimum atomic E-state index is -0.387. The third-order valence-electron chi connectivity index (χ3n) is 8.56. The molecule has 3 unspecified atom stereocenters. The summed E-state index contributed by atoms with van der Waals surface area (Å²) in [5.74, 6) is 1.41.